The summed E-state index contributed by atoms with van der Waals surface area (Å²) in [5.41, 5.74) is 6.39. The Hall–Kier alpha value is -0.0800. The summed E-state index contributed by atoms with van der Waals surface area (Å²) in [7, 11) is 0. The van der Waals surface area contributed by atoms with E-state index in [-0.39, 0.29) is 0 Å². The molecular formula is C14H28N2. The summed E-state index contributed by atoms with van der Waals surface area (Å²) in [6.45, 7) is 6.04. The second-order valence-electron chi connectivity index (χ2n) is 6.11. The molecule has 94 valence electrons. The number of hydrogen-bond donors (Lipinski definition) is 1. The Balaban J connectivity index is 1.99. The molecular weight excluding hydrogens is 196 g/mol. The molecule has 2 fully saturated rings. The van der Waals surface area contributed by atoms with Crippen molar-refractivity contribution in [2.45, 2.75) is 76.9 Å². The topological polar surface area (TPSA) is 29.3 Å². The molecule has 2 heteroatoms. The summed E-state index contributed by atoms with van der Waals surface area (Å²) in [4.78, 5) is 2.71. The first-order valence-corrected chi connectivity index (χ1v) is 7.20. The lowest BCUT2D eigenvalue weighted by molar-refractivity contribution is 0.140. The summed E-state index contributed by atoms with van der Waals surface area (Å²) < 4.78 is 0. The maximum Gasteiger partial charge on any atom is 0.0250 e. The fraction of sp³-hybridized carbons (Fsp3) is 1.00. The van der Waals surface area contributed by atoms with E-state index in [1.807, 2.05) is 0 Å². The van der Waals surface area contributed by atoms with Crippen LogP contribution in [0.3, 0.4) is 0 Å². The highest BCUT2D eigenvalue weighted by atomic mass is 15.2. The fourth-order valence-corrected chi connectivity index (χ4v) is 3.70. The lowest BCUT2D eigenvalue weighted by Gasteiger charge is -2.37. The summed E-state index contributed by atoms with van der Waals surface area (Å²) >= 11 is 0. The van der Waals surface area contributed by atoms with Crippen LogP contribution in [0.5, 0.6) is 0 Å². The van der Waals surface area contributed by atoms with Crippen LogP contribution in [0, 0.1) is 5.92 Å². The molecule has 16 heavy (non-hydrogen) atoms. The molecule has 2 aliphatic rings. The van der Waals surface area contributed by atoms with Crippen LogP contribution in [0.15, 0.2) is 0 Å². The van der Waals surface area contributed by atoms with Crippen molar-refractivity contribution < 1.29 is 0 Å². The molecule has 0 amide bonds. The Morgan fingerprint density at radius 1 is 1.00 bits per heavy atom. The smallest absolute Gasteiger partial charge is 0.0250 e. The van der Waals surface area contributed by atoms with Crippen LogP contribution >= 0.6 is 0 Å². The molecule has 0 aromatic rings. The van der Waals surface area contributed by atoms with E-state index in [2.05, 4.69) is 18.7 Å². The van der Waals surface area contributed by atoms with Crippen LogP contribution in [0.1, 0.15) is 58.8 Å². The van der Waals surface area contributed by atoms with Crippen LogP contribution in [-0.4, -0.2) is 29.6 Å². The van der Waals surface area contributed by atoms with Crippen molar-refractivity contribution in [3.63, 3.8) is 0 Å². The van der Waals surface area contributed by atoms with E-state index < -0.39 is 0 Å². The largest absolute Gasteiger partial charge is 0.326 e. The third-order valence-corrected chi connectivity index (χ3v) is 4.54. The monoisotopic (exact) mass is 224 g/mol. The minimum absolute atomic E-state index is 0.424. The van der Waals surface area contributed by atoms with Gasteiger partial charge in [-0.1, -0.05) is 32.6 Å². The van der Waals surface area contributed by atoms with Crippen molar-refractivity contribution in [2.75, 3.05) is 6.54 Å². The minimum Gasteiger partial charge on any atom is -0.326 e. The van der Waals surface area contributed by atoms with Crippen molar-refractivity contribution >= 4 is 0 Å². The van der Waals surface area contributed by atoms with Gasteiger partial charge in [-0.15, -0.1) is 0 Å². The Bertz CT molecular complexity index is 217. The van der Waals surface area contributed by atoms with E-state index in [9.17, 15) is 0 Å². The van der Waals surface area contributed by atoms with Gasteiger partial charge in [0, 0.05) is 24.7 Å². The van der Waals surface area contributed by atoms with Crippen LogP contribution in [-0.2, 0) is 0 Å². The molecule has 2 rings (SSSR count). The third-order valence-electron chi connectivity index (χ3n) is 4.54. The van der Waals surface area contributed by atoms with Crippen LogP contribution in [0.2, 0.25) is 0 Å². The average molecular weight is 224 g/mol. The van der Waals surface area contributed by atoms with E-state index in [1.165, 1.54) is 51.5 Å². The first kappa shape index (κ1) is 12.4. The van der Waals surface area contributed by atoms with Crippen LogP contribution in [0.4, 0.5) is 0 Å². The van der Waals surface area contributed by atoms with Gasteiger partial charge in [-0.05, 0) is 32.1 Å². The van der Waals surface area contributed by atoms with Gasteiger partial charge in [0.05, 0.1) is 0 Å². The predicted octanol–water partition coefficient (Wildman–Crippen LogP) is 2.77. The quantitative estimate of drug-likeness (QED) is 0.742. The van der Waals surface area contributed by atoms with Gasteiger partial charge >= 0.3 is 0 Å². The third kappa shape index (κ3) is 2.78. The molecule has 0 spiro atoms. The molecule has 1 saturated carbocycles. The van der Waals surface area contributed by atoms with E-state index in [1.54, 1.807) is 0 Å². The highest BCUT2D eigenvalue weighted by Crippen LogP contribution is 2.29. The Labute approximate surface area is 101 Å². The summed E-state index contributed by atoms with van der Waals surface area (Å²) in [6, 6.07) is 1.85. The molecule has 1 aliphatic carbocycles. The zero-order chi connectivity index (χ0) is 11.5. The van der Waals surface area contributed by atoms with Crippen molar-refractivity contribution in [3.05, 3.63) is 0 Å². The molecule has 0 radical (unpaired) electrons. The maximum atomic E-state index is 6.39. The zero-order valence-corrected chi connectivity index (χ0v) is 11.0. The zero-order valence-electron chi connectivity index (χ0n) is 11.0. The highest BCUT2D eigenvalue weighted by molar-refractivity contribution is 4.91. The molecule has 1 heterocycles. The van der Waals surface area contributed by atoms with E-state index in [0.29, 0.717) is 12.1 Å². The van der Waals surface area contributed by atoms with Gasteiger partial charge < -0.3 is 5.73 Å². The second-order valence-corrected chi connectivity index (χ2v) is 6.11. The normalized spacial score (nSPS) is 42.9. The van der Waals surface area contributed by atoms with Crippen molar-refractivity contribution in [3.8, 4) is 0 Å². The van der Waals surface area contributed by atoms with Gasteiger partial charge in [-0.3, -0.25) is 4.90 Å². The van der Waals surface area contributed by atoms with Crippen molar-refractivity contribution in [1.82, 2.24) is 4.90 Å². The minimum atomic E-state index is 0.424. The van der Waals surface area contributed by atoms with Gasteiger partial charge in [-0.25, -0.2) is 0 Å². The number of likely N-dealkylation sites (tertiary alicyclic amines) is 1. The van der Waals surface area contributed by atoms with Crippen LogP contribution < -0.4 is 5.73 Å². The average Bonchev–Trinajstić information content (AvgIpc) is 2.52. The highest BCUT2D eigenvalue weighted by Gasteiger charge is 2.34. The van der Waals surface area contributed by atoms with Gasteiger partial charge in [0.15, 0.2) is 0 Å². The van der Waals surface area contributed by atoms with Crippen LogP contribution in [0.25, 0.3) is 0 Å². The van der Waals surface area contributed by atoms with E-state index in [4.69, 9.17) is 5.73 Å². The Morgan fingerprint density at radius 3 is 2.31 bits per heavy atom. The van der Waals surface area contributed by atoms with Crippen molar-refractivity contribution in [2.24, 2.45) is 11.7 Å². The lowest BCUT2D eigenvalue weighted by Crippen LogP contribution is -2.49. The SMILES string of the molecule is CC1CC(C)N(C2CCCCCCC2N)C1. The molecule has 2 nitrogen and oxygen atoms in total. The van der Waals surface area contributed by atoms with Gasteiger partial charge in [-0.2, -0.15) is 0 Å². The molecule has 4 atom stereocenters. The molecule has 1 saturated heterocycles. The Kier molecular flexibility index (Phi) is 4.26. The number of nitrogens with two attached hydrogens (primary N) is 1. The fourth-order valence-electron chi connectivity index (χ4n) is 3.70. The first-order chi connectivity index (χ1) is 7.68. The predicted molar refractivity (Wildman–Crippen MR) is 69.4 cm³/mol. The van der Waals surface area contributed by atoms with Gasteiger partial charge in [0.2, 0.25) is 0 Å². The first-order valence-electron chi connectivity index (χ1n) is 7.20. The van der Waals surface area contributed by atoms with Crippen molar-refractivity contribution in [1.29, 1.82) is 0 Å². The molecule has 0 bridgehead atoms. The molecule has 4 unspecified atom stereocenters. The molecule has 1 aliphatic heterocycles. The lowest BCUT2D eigenvalue weighted by atomic mass is 9.91. The standard InChI is InChI=1S/C14H28N2/c1-11-9-12(2)16(10-11)14-8-6-4-3-5-7-13(14)15/h11-14H,3-10,15H2,1-2H3. The van der Waals surface area contributed by atoms with Gasteiger partial charge in [0.1, 0.15) is 0 Å². The Morgan fingerprint density at radius 2 is 1.69 bits per heavy atom. The molecule has 0 aromatic heterocycles. The van der Waals surface area contributed by atoms with Gasteiger partial charge in [0.25, 0.3) is 0 Å². The maximum absolute atomic E-state index is 6.39. The summed E-state index contributed by atoms with van der Waals surface area (Å²) in [5.74, 6) is 0.868. The molecule has 0 aromatic carbocycles. The van der Waals surface area contributed by atoms with E-state index in [0.717, 1.165) is 12.0 Å². The number of hydrogen-bond acceptors (Lipinski definition) is 2. The second kappa shape index (κ2) is 5.50. The molecule has 2 N–H and O–H groups in total. The number of nitrogens with zero attached hydrogens (tertiary/aromatic N) is 1. The van der Waals surface area contributed by atoms with E-state index >= 15 is 0 Å². The summed E-state index contributed by atoms with van der Waals surface area (Å²) in [6.07, 6.45) is 9.47. The summed E-state index contributed by atoms with van der Waals surface area (Å²) in [5, 5.41) is 0. The number of rotatable bonds is 1.